The maximum absolute atomic E-state index is 12.2. The standard InChI is InChI=1S/C32H68N.C28H42BO3/c1-5-9-13-17-21-25-29-33(30-26-22-18-14-10-6-2,31-27-23-19-15-11-7-3)32-28-24-20-16-12-8-4;1-3-5-7-9-11-13-15-25-17-21-27(22-18-25)31-29(30)32-28-23-19-26(20-24-28)16-14-12-10-8-6-4-2/h5-32H2,1-4H3;17-24H,3-16H2,1-2H3/q+1;-1. The molecule has 65 heavy (non-hydrogen) atoms. The Hall–Kier alpha value is -1.98. The van der Waals surface area contributed by atoms with Crippen molar-refractivity contribution in [1.82, 2.24) is 0 Å². The van der Waals surface area contributed by atoms with Crippen molar-refractivity contribution in [3.05, 3.63) is 59.7 Å². The average Bonchev–Trinajstić information content (AvgIpc) is 3.32. The van der Waals surface area contributed by atoms with Crippen LogP contribution in [0, 0.1) is 0 Å². The lowest BCUT2D eigenvalue weighted by Gasteiger charge is -2.40. The van der Waals surface area contributed by atoms with Crippen LogP contribution in [-0.2, 0) is 12.8 Å². The molecule has 0 aliphatic heterocycles. The van der Waals surface area contributed by atoms with E-state index in [2.05, 4.69) is 41.5 Å². The van der Waals surface area contributed by atoms with E-state index < -0.39 is 7.32 Å². The molecule has 0 amide bonds. The summed E-state index contributed by atoms with van der Waals surface area (Å²) in [5, 5.41) is 12.2. The summed E-state index contributed by atoms with van der Waals surface area (Å²) >= 11 is 0. The molecular formula is C60H110BNO3. The van der Waals surface area contributed by atoms with Gasteiger partial charge in [0, 0.05) is 0 Å². The van der Waals surface area contributed by atoms with E-state index in [-0.39, 0.29) is 0 Å². The lowest BCUT2D eigenvalue weighted by molar-refractivity contribution is -0.929. The molecule has 376 valence electrons. The summed E-state index contributed by atoms with van der Waals surface area (Å²) in [7, 11) is -1.57. The molecule has 2 aromatic rings. The van der Waals surface area contributed by atoms with E-state index in [1.807, 2.05) is 48.5 Å². The molecule has 0 saturated heterocycles. The molecule has 0 aliphatic carbocycles. The van der Waals surface area contributed by atoms with Crippen molar-refractivity contribution in [2.45, 2.75) is 286 Å². The summed E-state index contributed by atoms with van der Waals surface area (Å²) in [5.74, 6) is 1.10. The molecule has 0 N–H and O–H groups in total. The Bertz CT molecular complexity index is 1100. The summed E-state index contributed by atoms with van der Waals surface area (Å²) in [4.78, 5) is 0. The second-order valence-electron chi connectivity index (χ2n) is 20.2. The van der Waals surface area contributed by atoms with Gasteiger partial charge in [-0.15, -0.1) is 0 Å². The van der Waals surface area contributed by atoms with Crippen LogP contribution < -0.4 is 14.3 Å². The Morgan fingerprint density at radius 1 is 0.308 bits per heavy atom. The second kappa shape index (κ2) is 45.8. The molecule has 0 atom stereocenters. The van der Waals surface area contributed by atoms with Gasteiger partial charge in [0.15, 0.2) is 0 Å². The van der Waals surface area contributed by atoms with Gasteiger partial charge in [-0.25, -0.2) is 0 Å². The SMILES string of the molecule is CCCCCCCC[N+](CCCCCCCC)(CCCCCCCC)CCCCCCCC.CCCCCCCCc1ccc(OB([O-])Oc2ccc(CCCCCCCC)cc2)cc1. The van der Waals surface area contributed by atoms with Gasteiger partial charge < -0.3 is 18.8 Å². The van der Waals surface area contributed by atoms with Crippen molar-refractivity contribution in [3.8, 4) is 11.5 Å². The topological polar surface area (TPSA) is 41.5 Å². The zero-order valence-electron chi connectivity index (χ0n) is 44.6. The Morgan fingerprint density at radius 3 is 0.769 bits per heavy atom. The predicted molar refractivity (Wildman–Crippen MR) is 287 cm³/mol. The van der Waals surface area contributed by atoms with Crippen molar-refractivity contribution >= 4 is 7.32 Å². The van der Waals surface area contributed by atoms with Crippen LogP contribution in [0.5, 0.6) is 11.5 Å². The van der Waals surface area contributed by atoms with Crippen molar-refractivity contribution in [1.29, 1.82) is 0 Å². The Balaban J connectivity index is 0.000000650. The summed E-state index contributed by atoms with van der Waals surface area (Å²) in [6.07, 6.45) is 52.5. The lowest BCUT2D eigenvalue weighted by atomic mass is 10.0. The van der Waals surface area contributed by atoms with Crippen LogP contribution in [0.3, 0.4) is 0 Å². The fraction of sp³-hybridized carbons (Fsp3) is 0.800. The van der Waals surface area contributed by atoms with E-state index in [4.69, 9.17) is 9.31 Å². The molecule has 0 aromatic heterocycles. The molecule has 0 spiro atoms. The molecule has 0 aliphatic rings. The maximum atomic E-state index is 12.2. The molecule has 0 saturated carbocycles. The molecule has 0 bridgehead atoms. The number of unbranched alkanes of at least 4 members (excludes halogenated alkanes) is 30. The molecule has 0 radical (unpaired) electrons. The molecule has 2 rings (SSSR count). The van der Waals surface area contributed by atoms with Gasteiger partial charge in [0.1, 0.15) is 11.5 Å². The Kier molecular flexibility index (Phi) is 43.0. The highest BCUT2D eigenvalue weighted by atomic mass is 16.7. The zero-order valence-corrected chi connectivity index (χ0v) is 44.6. The molecule has 4 nitrogen and oxygen atoms in total. The van der Waals surface area contributed by atoms with Crippen LogP contribution in [-0.4, -0.2) is 38.0 Å². The summed E-state index contributed by atoms with van der Waals surface area (Å²) < 4.78 is 12.3. The summed E-state index contributed by atoms with van der Waals surface area (Å²) in [5.41, 5.74) is 2.58. The smallest absolute Gasteiger partial charge is 0.492 e. The van der Waals surface area contributed by atoms with Gasteiger partial charge in [-0.3, -0.25) is 0 Å². The van der Waals surface area contributed by atoms with Gasteiger partial charge >= 0.3 is 7.32 Å². The quantitative estimate of drug-likeness (QED) is 0.0378. The first-order valence-electron chi connectivity index (χ1n) is 29.0. The van der Waals surface area contributed by atoms with Crippen LogP contribution in [0.2, 0.25) is 0 Å². The first-order valence-corrected chi connectivity index (χ1v) is 29.0. The van der Waals surface area contributed by atoms with Crippen molar-refractivity contribution < 1.29 is 18.8 Å². The number of hydrogen-bond donors (Lipinski definition) is 0. The van der Waals surface area contributed by atoms with E-state index in [0.29, 0.717) is 11.5 Å². The van der Waals surface area contributed by atoms with Crippen LogP contribution in [0.4, 0.5) is 0 Å². The van der Waals surface area contributed by atoms with Gasteiger partial charge in [-0.05, 0) is 112 Å². The minimum absolute atomic E-state index is 0.552. The van der Waals surface area contributed by atoms with E-state index in [1.165, 1.54) is 273 Å². The third kappa shape index (κ3) is 36.7. The molecule has 0 fully saturated rings. The highest BCUT2D eigenvalue weighted by Crippen LogP contribution is 2.22. The van der Waals surface area contributed by atoms with E-state index in [9.17, 15) is 5.02 Å². The van der Waals surface area contributed by atoms with Crippen molar-refractivity contribution in [2.24, 2.45) is 0 Å². The minimum Gasteiger partial charge on any atom is -0.808 e. The predicted octanol–water partition coefficient (Wildman–Crippen LogP) is 18.5. The van der Waals surface area contributed by atoms with Crippen LogP contribution in [0.25, 0.3) is 0 Å². The van der Waals surface area contributed by atoms with Gasteiger partial charge in [-0.1, -0.05) is 233 Å². The monoisotopic (exact) mass is 904 g/mol. The van der Waals surface area contributed by atoms with Gasteiger partial charge in [0.2, 0.25) is 0 Å². The number of benzene rings is 2. The van der Waals surface area contributed by atoms with Gasteiger partial charge in [-0.2, -0.15) is 0 Å². The van der Waals surface area contributed by atoms with Crippen molar-refractivity contribution in [2.75, 3.05) is 26.2 Å². The lowest BCUT2D eigenvalue weighted by Crippen LogP contribution is -2.50. The number of rotatable bonds is 46. The molecule has 5 heteroatoms. The zero-order chi connectivity index (χ0) is 47.2. The first kappa shape index (κ1) is 61.0. The second-order valence-corrected chi connectivity index (χ2v) is 20.2. The number of hydrogen-bond acceptors (Lipinski definition) is 3. The minimum atomic E-state index is -1.57. The Morgan fingerprint density at radius 2 is 0.523 bits per heavy atom. The first-order chi connectivity index (χ1) is 31.9. The maximum Gasteiger partial charge on any atom is 0.492 e. The number of quaternary nitrogens is 1. The van der Waals surface area contributed by atoms with Gasteiger partial charge in [0.05, 0.1) is 26.2 Å². The summed E-state index contributed by atoms with van der Waals surface area (Å²) in [6.45, 7) is 19.7. The Labute approximate surface area is 407 Å². The highest BCUT2D eigenvalue weighted by molar-refractivity contribution is 6.34. The van der Waals surface area contributed by atoms with Crippen LogP contribution in [0.1, 0.15) is 284 Å². The fourth-order valence-electron chi connectivity index (χ4n) is 9.52. The van der Waals surface area contributed by atoms with Crippen LogP contribution in [0.15, 0.2) is 48.5 Å². The molecular weight excluding hydrogens is 793 g/mol. The summed E-state index contributed by atoms with van der Waals surface area (Å²) in [6, 6.07) is 15.6. The third-order valence-corrected chi connectivity index (χ3v) is 13.9. The number of nitrogens with zero attached hydrogens (tertiary/aromatic N) is 1. The molecule has 0 unspecified atom stereocenters. The van der Waals surface area contributed by atoms with Crippen LogP contribution >= 0.6 is 0 Å². The third-order valence-electron chi connectivity index (χ3n) is 13.9. The van der Waals surface area contributed by atoms with E-state index in [1.54, 1.807) is 0 Å². The number of aryl methyl sites for hydroxylation is 2. The van der Waals surface area contributed by atoms with Crippen molar-refractivity contribution in [3.63, 3.8) is 0 Å². The fourth-order valence-corrected chi connectivity index (χ4v) is 9.52. The van der Waals surface area contributed by atoms with Gasteiger partial charge in [0.25, 0.3) is 0 Å². The molecule has 0 heterocycles. The highest BCUT2D eigenvalue weighted by Gasteiger charge is 2.25. The van der Waals surface area contributed by atoms with E-state index in [0.717, 1.165) is 12.8 Å². The van der Waals surface area contributed by atoms with E-state index >= 15 is 0 Å². The molecule has 2 aromatic carbocycles. The normalized spacial score (nSPS) is 11.4. The average molecular weight is 904 g/mol. The largest absolute Gasteiger partial charge is 0.808 e.